The summed E-state index contributed by atoms with van der Waals surface area (Å²) in [6.45, 7) is 3.31. The van der Waals surface area contributed by atoms with E-state index in [1.165, 1.54) is 0 Å². The number of carbonyl (C=O) groups is 2. The molecule has 2 heterocycles. The van der Waals surface area contributed by atoms with Gasteiger partial charge in [-0.05, 0) is 43.9 Å². The predicted octanol–water partition coefficient (Wildman–Crippen LogP) is 2.05. The lowest BCUT2D eigenvalue weighted by molar-refractivity contribution is -0.151. The Bertz CT molecular complexity index is 622. The number of halogens is 1. The number of benzene rings is 1. The first kappa shape index (κ1) is 18.2. The van der Waals surface area contributed by atoms with Gasteiger partial charge in [0.15, 0.2) is 0 Å². The Morgan fingerprint density at radius 3 is 2.76 bits per heavy atom. The second kappa shape index (κ2) is 8.17. The molecule has 25 heavy (non-hydrogen) atoms. The lowest BCUT2D eigenvalue weighted by Gasteiger charge is -2.33. The minimum absolute atomic E-state index is 0.0398. The fourth-order valence-electron chi connectivity index (χ4n) is 3.48. The highest BCUT2D eigenvalue weighted by Gasteiger charge is 2.36. The summed E-state index contributed by atoms with van der Waals surface area (Å²) in [7, 11) is 0. The van der Waals surface area contributed by atoms with Crippen molar-refractivity contribution in [2.75, 3.05) is 19.7 Å². The summed E-state index contributed by atoms with van der Waals surface area (Å²) in [5.41, 5.74) is 7.37. The summed E-state index contributed by atoms with van der Waals surface area (Å²) in [5.74, 6) is -0.367. The van der Waals surface area contributed by atoms with E-state index in [0.717, 1.165) is 18.4 Å². The highest BCUT2D eigenvalue weighted by Crippen LogP contribution is 2.26. The van der Waals surface area contributed by atoms with E-state index in [1.807, 2.05) is 24.3 Å². The van der Waals surface area contributed by atoms with Crippen LogP contribution >= 0.6 is 11.6 Å². The van der Waals surface area contributed by atoms with Crippen LogP contribution < -0.4 is 10.9 Å². The van der Waals surface area contributed by atoms with Crippen molar-refractivity contribution in [2.45, 2.75) is 38.3 Å². The van der Waals surface area contributed by atoms with Crippen LogP contribution in [0.25, 0.3) is 0 Å². The van der Waals surface area contributed by atoms with Crippen molar-refractivity contribution in [3.63, 3.8) is 0 Å². The molecule has 0 saturated carbocycles. The quantitative estimate of drug-likeness (QED) is 0.799. The summed E-state index contributed by atoms with van der Waals surface area (Å²) in [4.78, 5) is 26.5. The minimum atomic E-state index is -0.290. The van der Waals surface area contributed by atoms with Crippen LogP contribution in [0.2, 0.25) is 5.02 Å². The van der Waals surface area contributed by atoms with Crippen molar-refractivity contribution in [2.24, 2.45) is 5.92 Å². The maximum atomic E-state index is 12.8. The van der Waals surface area contributed by atoms with Gasteiger partial charge < -0.3 is 9.64 Å². The summed E-state index contributed by atoms with van der Waals surface area (Å²) in [6.07, 6.45) is 2.28. The lowest BCUT2D eigenvalue weighted by Crippen LogP contribution is -2.50. The van der Waals surface area contributed by atoms with Crippen LogP contribution in [-0.2, 0) is 14.3 Å². The first-order valence-electron chi connectivity index (χ1n) is 8.80. The highest BCUT2D eigenvalue weighted by molar-refractivity contribution is 6.30. The molecule has 1 amide bonds. The molecule has 7 heteroatoms. The number of amides is 1. The zero-order chi connectivity index (χ0) is 17.8. The van der Waals surface area contributed by atoms with Gasteiger partial charge >= 0.3 is 5.97 Å². The number of ether oxygens (including phenoxy) is 1. The second-order valence-electron chi connectivity index (χ2n) is 6.56. The Kier molecular flexibility index (Phi) is 5.93. The SMILES string of the molecule is CCOC(=O)C1CCCN(C(=O)C2CC(c3ccc(Cl)cc3)NN2)C1. The van der Waals surface area contributed by atoms with E-state index in [9.17, 15) is 9.59 Å². The van der Waals surface area contributed by atoms with Crippen molar-refractivity contribution >= 4 is 23.5 Å². The first-order valence-corrected chi connectivity index (χ1v) is 9.18. The molecule has 2 fully saturated rings. The molecule has 3 unspecified atom stereocenters. The molecule has 136 valence electrons. The summed E-state index contributed by atoms with van der Waals surface area (Å²) >= 11 is 5.93. The molecule has 0 spiro atoms. The Morgan fingerprint density at radius 2 is 2.04 bits per heavy atom. The Labute approximate surface area is 152 Å². The summed E-state index contributed by atoms with van der Waals surface area (Å²) < 4.78 is 5.10. The molecule has 6 nitrogen and oxygen atoms in total. The Balaban J connectivity index is 1.58. The molecule has 3 atom stereocenters. The number of carbonyl (C=O) groups excluding carboxylic acids is 2. The zero-order valence-corrected chi connectivity index (χ0v) is 15.1. The third kappa shape index (κ3) is 4.32. The number of nitrogens with zero attached hydrogens (tertiary/aromatic N) is 1. The zero-order valence-electron chi connectivity index (χ0n) is 14.3. The molecule has 3 rings (SSSR count). The van der Waals surface area contributed by atoms with Gasteiger partial charge in [-0.2, -0.15) is 0 Å². The molecule has 1 aromatic carbocycles. The van der Waals surface area contributed by atoms with Crippen molar-refractivity contribution in [1.29, 1.82) is 0 Å². The minimum Gasteiger partial charge on any atom is -0.466 e. The standard InChI is InChI=1S/C18H24ClN3O3/c1-2-25-18(24)13-4-3-9-22(11-13)17(23)16-10-15(20-21-16)12-5-7-14(19)8-6-12/h5-8,13,15-16,20-21H,2-4,9-11H2,1H3. The molecule has 1 aromatic rings. The van der Waals surface area contributed by atoms with E-state index in [-0.39, 0.29) is 29.9 Å². The number of esters is 1. The number of hydrazine groups is 1. The normalized spacial score (nSPS) is 26.5. The number of rotatable bonds is 4. The van der Waals surface area contributed by atoms with Gasteiger partial charge in [-0.25, -0.2) is 10.9 Å². The van der Waals surface area contributed by atoms with Gasteiger partial charge in [0.1, 0.15) is 6.04 Å². The van der Waals surface area contributed by atoms with Crippen molar-refractivity contribution in [3.8, 4) is 0 Å². The van der Waals surface area contributed by atoms with Crippen LogP contribution in [0, 0.1) is 5.92 Å². The largest absolute Gasteiger partial charge is 0.466 e. The van der Waals surface area contributed by atoms with Crippen LogP contribution in [0.3, 0.4) is 0 Å². The Morgan fingerprint density at radius 1 is 1.28 bits per heavy atom. The Hall–Kier alpha value is -1.63. The average Bonchev–Trinajstić information content (AvgIpc) is 3.12. The maximum absolute atomic E-state index is 12.8. The van der Waals surface area contributed by atoms with Gasteiger partial charge in [0.05, 0.1) is 12.5 Å². The van der Waals surface area contributed by atoms with E-state index < -0.39 is 0 Å². The molecule has 0 radical (unpaired) electrons. The van der Waals surface area contributed by atoms with Crippen LogP contribution in [0.4, 0.5) is 0 Å². The number of hydrogen-bond acceptors (Lipinski definition) is 5. The van der Waals surface area contributed by atoms with Gasteiger partial charge in [0.2, 0.25) is 5.91 Å². The highest BCUT2D eigenvalue weighted by atomic mass is 35.5. The maximum Gasteiger partial charge on any atom is 0.310 e. The molecule has 0 bridgehead atoms. The van der Waals surface area contributed by atoms with Crippen molar-refractivity contribution in [3.05, 3.63) is 34.9 Å². The molecule has 2 aliphatic rings. The van der Waals surface area contributed by atoms with Crippen molar-refractivity contribution in [1.82, 2.24) is 15.8 Å². The van der Waals surface area contributed by atoms with E-state index in [4.69, 9.17) is 16.3 Å². The van der Waals surface area contributed by atoms with Gasteiger partial charge in [-0.1, -0.05) is 23.7 Å². The molecule has 0 aromatic heterocycles. The van der Waals surface area contributed by atoms with Crippen LogP contribution in [0.5, 0.6) is 0 Å². The third-order valence-electron chi connectivity index (χ3n) is 4.83. The van der Waals surface area contributed by atoms with Gasteiger partial charge in [-0.15, -0.1) is 0 Å². The fraction of sp³-hybridized carbons (Fsp3) is 0.556. The molecule has 2 N–H and O–H groups in total. The average molecular weight is 366 g/mol. The predicted molar refractivity (Wildman–Crippen MR) is 94.8 cm³/mol. The van der Waals surface area contributed by atoms with E-state index in [2.05, 4.69) is 10.9 Å². The number of likely N-dealkylation sites (tertiary alicyclic amines) is 1. The second-order valence-corrected chi connectivity index (χ2v) is 6.99. The molecular formula is C18H24ClN3O3. The van der Waals surface area contributed by atoms with Gasteiger partial charge in [-0.3, -0.25) is 9.59 Å². The topological polar surface area (TPSA) is 70.7 Å². The van der Waals surface area contributed by atoms with Crippen LogP contribution in [-0.4, -0.2) is 42.5 Å². The van der Waals surface area contributed by atoms with E-state index in [1.54, 1.807) is 11.8 Å². The first-order chi connectivity index (χ1) is 12.1. The van der Waals surface area contributed by atoms with Gasteiger partial charge in [0.25, 0.3) is 0 Å². The smallest absolute Gasteiger partial charge is 0.310 e. The van der Waals surface area contributed by atoms with Crippen LogP contribution in [0.15, 0.2) is 24.3 Å². The van der Waals surface area contributed by atoms with Gasteiger partial charge in [0, 0.05) is 24.2 Å². The monoisotopic (exact) mass is 365 g/mol. The molecule has 0 aliphatic carbocycles. The van der Waals surface area contributed by atoms with E-state index >= 15 is 0 Å². The summed E-state index contributed by atoms with van der Waals surface area (Å²) in [6, 6.07) is 7.40. The number of piperidine rings is 1. The number of nitrogens with one attached hydrogen (secondary N) is 2. The third-order valence-corrected chi connectivity index (χ3v) is 5.08. The molecular weight excluding hydrogens is 342 g/mol. The van der Waals surface area contributed by atoms with E-state index in [0.29, 0.717) is 31.1 Å². The van der Waals surface area contributed by atoms with Crippen molar-refractivity contribution < 1.29 is 14.3 Å². The molecule has 2 saturated heterocycles. The van der Waals surface area contributed by atoms with Crippen LogP contribution in [0.1, 0.15) is 37.8 Å². The lowest BCUT2D eigenvalue weighted by atomic mass is 9.96. The summed E-state index contributed by atoms with van der Waals surface area (Å²) in [5, 5.41) is 0.695. The molecule has 2 aliphatic heterocycles. The number of hydrogen-bond donors (Lipinski definition) is 2. The fourth-order valence-corrected chi connectivity index (χ4v) is 3.61.